The van der Waals surface area contributed by atoms with Crippen LogP contribution in [0.4, 0.5) is 0 Å². The average Bonchev–Trinajstić information content (AvgIpc) is 2.78. The number of guanidine groups is 1. The molecule has 32 heavy (non-hydrogen) atoms. The van der Waals surface area contributed by atoms with Gasteiger partial charge in [0.05, 0.1) is 7.11 Å². The van der Waals surface area contributed by atoms with E-state index in [1.807, 2.05) is 12.1 Å². The van der Waals surface area contributed by atoms with Crippen molar-refractivity contribution in [2.75, 3.05) is 67.6 Å². The first-order valence-corrected chi connectivity index (χ1v) is 11.1. The van der Waals surface area contributed by atoms with Gasteiger partial charge in [0.1, 0.15) is 12.3 Å². The number of halogens is 1. The first kappa shape index (κ1) is 28.4. The summed E-state index contributed by atoms with van der Waals surface area (Å²) in [6.45, 7) is 4.91. The van der Waals surface area contributed by atoms with Crippen LogP contribution in [0.1, 0.15) is 24.8 Å². The number of methoxy groups -OCH3 is 2. The molecule has 0 aromatic heterocycles. The topological polar surface area (TPSA) is 78.4 Å². The standard InChI is InChI=1S/C23H39N5O3.HI/c1-27(2)22(29)18-25-23(24-13-10-19-6-8-21(31-4)9-7-19)26-20-11-15-28(16-12-20)14-5-17-30-3;/h6-9,20H,5,10-18H2,1-4H3,(H2,24,25,26);1H. The van der Waals surface area contributed by atoms with Crippen molar-refractivity contribution in [3.63, 3.8) is 0 Å². The van der Waals surface area contributed by atoms with Crippen LogP contribution in [0.15, 0.2) is 29.3 Å². The molecule has 1 saturated heterocycles. The van der Waals surface area contributed by atoms with E-state index < -0.39 is 0 Å². The van der Waals surface area contributed by atoms with E-state index in [9.17, 15) is 4.79 Å². The summed E-state index contributed by atoms with van der Waals surface area (Å²) in [7, 11) is 6.92. The molecule has 1 aliphatic heterocycles. The molecule has 0 spiro atoms. The molecule has 9 heteroatoms. The zero-order valence-electron chi connectivity index (χ0n) is 19.9. The summed E-state index contributed by atoms with van der Waals surface area (Å²) in [6, 6.07) is 8.44. The molecule has 1 fully saturated rings. The molecule has 1 amide bonds. The Morgan fingerprint density at radius 2 is 1.88 bits per heavy atom. The summed E-state index contributed by atoms with van der Waals surface area (Å²) in [5, 5.41) is 6.94. The Bertz CT molecular complexity index is 677. The third-order valence-corrected chi connectivity index (χ3v) is 5.49. The molecule has 2 rings (SSSR count). The number of likely N-dealkylation sites (N-methyl/N-ethyl adjacent to an activating group) is 1. The quantitative estimate of drug-likeness (QED) is 0.186. The summed E-state index contributed by atoms with van der Waals surface area (Å²) in [6.07, 6.45) is 4.06. The van der Waals surface area contributed by atoms with Crippen LogP contribution in [0.5, 0.6) is 5.75 Å². The van der Waals surface area contributed by atoms with E-state index in [-0.39, 0.29) is 36.4 Å². The maximum absolute atomic E-state index is 12.0. The van der Waals surface area contributed by atoms with Crippen LogP contribution in [0.2, 0.25) is 0 Å². The SMILES string of the molecule is COCCCN1CCC(NC(=NCC(=O)N(C)C)NCCc2ccc(OC)cc2)CC1.I. The number of hydrogen-bond donors (Lipinski definition) is 2. The molecule has 182 valence electrons. The summed E-state index contributed by atoms with van der Waals surface area (Å²) in [5.41, 5.74) is 1.22. The summed E-state index contributed by atoms with van der Waals surface area (Å²) in [5.74, 6) is 1.56. The van der Waals surface area contributed by atoms with Gasteiger partial charge in [-0.3, -0.25) is 4.79 Å². The molecule has 0 saturated carbocycles. The van der Waals surface area contributed by atoms with Crippen LogP contribution >= 0.6 is 24.0 Å². The van der Waals surface area contributed by atoms with Crippen LogP contribution in [-0.2, 0) is 16.0 Å². The van der Waals surface area contributed by atoms with E-state index in [4.69, 9.17) is 9.47 Å². The van der Waals surface area contributed by atoms with Crippen molar-refractivity contribution >= 4 is 35.8 Å². The van der Waals surface area contributed by atoms with Crippen LogP contribution in [0, 0.1) is 0 Å². The zero-order valence-corrected chi connectivity index (χ0v) is 22.3. The zero-order chi connectivity index (χ0) is 22.5. The lowest BCUT2D eigenvalue weighted by molar-refractivity contribution is -0.127. The van der Waals surface area contributed by atoms with E-state index in [2.05, 4.69) is 32.7 Å². The van der Waals surface area contributed by atoms with Gasteiger partial charge in [-0.05, 0) is 43.4 Å². The van der Waals surface area contributed by atoms with E-state index >= 15 is 0 Å². The number of likely N-dealkylation sites (tertiary alicyclic amines) is 1. The van der Waals surface area contributed by atoms with Crippen molar-refractivity contribution in [2.45, 2.75) is 31.7 Å². The van der Waals surface area contributed by atoms with Gasteiger partial charge < -0.3 is 29.9 Å². The Kier molecular flexibility index (Phi) is 14.3. The summed E-state index contributed by atoms with van der Waals surface area (Å²) < 4.78 is 10.4. The van der Waals surface area contributed by atoms with Gasteiger partial charge in [0.2, 0.25) is 5.91 Å². The summed E-state index contributed by atoms with van der Waals surface area (Å²) >= 11 is 0. The third-order valence-electron chi connectivity index (χ3n) is 5.49. The molecule has 1 heterocycles. The van der Waals surface area contributed by atoms with Gasteiger partial charge in [0, 0.05) is 60.0 Å². The number of carbonyl (C=O) groups is 1. The van der Waals surface area contributed by atoms with Gasteiger partial charge in [-0.1, -0.05) is 12.1 Å². The van der Waals surface area contributed by atoms with Gasteiger partial charge in [0.25, 0.3) is 0 Å². The van der Waals surface area contributed by atoms with E-state index in [1.54, 1.807) is 33.2 Å². The van der Waals surface area contributed by atoms with Gasteiger partial charge in [-0.15, -0.1) is 24.0 Å². The van der Waals surface area contributed by atoms with E-state index in [1.165, 1.54) is 5.56 Å². The predicted molar refractivity (Wildman–Crippen MR) is 140 cm³/mol. The molecule has 1 aliphatic rings. The Balaban J connectivity index is 0.00000512. The lowest BCUT2D eigenvalue weighted by atomic mass is 10.1. The maximum Gasteiger partial charge on any atom is 0.243 e. The van der Waals surface area contributed by atoms with E-state index in [0.717, 1.165) is 64.2 Å². The van der Waals surface area contributed by atoms with Gasteiger partial charge in [-0.2, -0.15) is 0 Å². The molecule has 8 nitrogen and oxygen atoms in total. The van der Waals surface area contributed by atoms with Crippen molar-refractivity contribution in [1.82, 2.24) is 20.4 Å². The van der Waals surface area contributed by atoms with Crippen molar-refractivity contribution in [3.8, 4) is 5.75 Å². The second kappa shape index (κ2) is 16.1. The monoisotopic (exact) mass is 561 g/mol. The van der Waals surface area contributed by atoms with E-state index in [0.29, 0.717) is 12.0 Å². The maximum atomic E-state index is 12.0. The number of piperidine rings is 1. The minimum atomic E-state index is -0.00998. The second-order valence-corrected chi connectivity index (χ2v) is 8.08. The highest BCUT2D eigenvalue weighted by Gasteiger charge is 2.20. The van der Waals surface area contributed by atoms with Crippen molar-refractivity contribution < 1.29 is 14.3 Å². The van der Waals surface area contributed by atoms with Gasteiger partial charge in [0.15, 0.2) is 5.96 Å². The normalized spacial score (nSPS) is 15.1. The lowest BCUT2D eigenvalue weighted by Crippen LogP contribution is -2.49. The Morgan fingerprint density at radius 3 is 2.47 bits per heavy atom. The van der Waals surface area contributed by atoms with Crippen LogP contribution in [0.25, 0.3) is 0 Å². The number of hydrogen-bond acceptors (Lipinski definition) is 5. The first-order valence-electron chi connectivity index (χ1n) is 11.1. The van der Waals surface area contributed by atoms with Crippen molar-refractivity contribution in [1.29, 1.82) is 0 Å². The third kappa shape index (κ3) is 10.8. The number of nitrogens with zero attached hydrogens (tertiary/aromatic N) is 3. The van der Waals surface area contributed by atoms with Crippen LogP contribution in [-0.4, -0.2) is 95.4 Å². The fraction of sp³-hybridized carbons (Fsp3) is 0.652. The fourth-order valence-electron chi connectivity index (χ4n) is 3.48. The largest absolute Gasteiger partial charge is 0.497 e. The fourth-order valence-corrected chi connectivity index (χ4v) is 3.48. The molecule has 1 aromatic carbocycles. The number of ether oxygens (including phenoxy) is 2. The number of carbonyl (C=O) groups excluding carboxylic acids is 1. The highest BCUT2D eigenvalue weighted by atomic mass is 127. The number of benzene rings is 1. The molecular weight excluding hydrogens is 521 g/mol. The molecule has 0 aliphatic carbocycles. The Labute approximate surface area is 210 Å². The number of amides is 1. The van der Waals surface area contributed by atoms with Crippen LogP contribution in [0.3, 0.4) is 0 Å². The molecule has 0 unspecified atom stereocenters. The highest BCUT2D eigenvalue weighted by molar-refractivity contribution is 14.0. The average molecular weight is 562 g/mol. The molecule has 0 bridgehead atoms. The molecule has 0 atom stereocenters. The number of nitrogens with one attached hydrogen (secondary N) is 2. The second-order valence-electron chi connectivity index (χ2n) is 8.08. The highest BCUT2D eigenvalue weighted by Crippen LogP contribution is 2.12. The van der Waals surface area contributed by atoms with Crippen molar-refractivity contribution in [3.05, 3.63) is 29.8 Å². The smallest absolute Gasteiger partial charge is 0.243 e. The lowest BCUT2D eigenvalue weighted by Gasteiger charge is -2.33. The predicted octanol–water partition coefficient (Wildman–Crippen LogP) is 1.98. The number of aliphatic imine (C=N–C) groups is 1. The first-order chi connectivity index (χ1) is 15.0. The van der Waals surface area contributed by atoms with Crippen molar-refractivity contribution in [2.24, 2.45) is 4.99 Å². The molecule has 2 N–H and O–H groups in total. The molecule has 1 aromatic rings. The molecular formula is C23H40IN5O3. The minimum Gasteiger partial charge on any atom is -0.497 e. The Morgan fingerprint density at radius 1 is 1.19 bits per heavy atom. The Hall–Kier alpha value is -1.59. The van der Waals surface area contributed by atoms with Crippen LogP contribution < -0.4 is 15.4 Å². The minimum absolute atomic E-state index is 0. The number of rotatable bonds is 11. The summed E-state index contributed by atoms with van der Waals surface area (Å²) in [4.78, 5) is 20.6. The molecule has 0 radical (unpaired) electrons. The van der Waals surface area contributed by atoms with Gasteiger partial charge in [-0.25, -0.2) is 4.99 Å². The van der Waals surface area contributed by atoms with Gasteiger partial charge >= 0.3 is 0 Å².